The van der Waals surface area contributed by atoms with Crippen molar-refractivity contribution in [3.05, 3.63) is 107 Å². The van der Waals surface area contributed by atoms with Gasteiger partial charge >= 0.3 is 0 Å². The molecule has 0 fully saturated rings. The van der Waals surface area contributed by atoms with Crippen LogP contribution < -0.4 is 10.6 Å². The molecule has 0 aliphatic carbocycles. The van der Waals surface area contributed by atoms with Gasteiger partial charge in [-0.2, -0.15) is 0 Å². The van der Waals surface area contributed by atoms with E-state index in [1.807, 2.05) is 67.6 Å². The van der Waals surface area contributed by atoms with Crippen molar-refractivity contribution >= 4 is 29.7 Å². The molecule has 0 saturated carbocycles. The minimum atomic E-state index is -0.676. The minimum absolute atomic E-state index is 0.145. The highest BCUT2D eigenvalue weighted by Gasteiger charge is 2.22. The van der Waals surface area contributed by atoms with Crippen molar-refractivity contribution in [3.63, 3.8) is 0 Å². The van der Waals surface area contributed by atoms with E-state index in [0.29, 0.717) is 17.5 Å². The van der Waals surface area contributed by atoms with Crippen LogP contribution in [0.25, 0.3) is 12.2 Å². The molecule has 5 nitrogen and oxygen atoms in total. The summed E-state index contributed by atoms with van der Waals surface area (Å²) in [6.45, 7) is 1.81. The molecule has 33 heavy (non-hydrogen) atoms. The molecule has 3 rings (SSSR count). The maximum absolute atomic E-state index is 13.0. The Morgan fingerprint density at radius 3 is 2.12 bits per heavy atom. The van der Waals surface area contributed by atoms with Crippen molar-refractivity contribution in [1.82, 2.24) is 10.6 Å². The van der Waals surface area contributed by atoms with Gasteiger partial charge in [-0.25, -0.2) is 0 Å². The Balaban J connectivity index is 1.67. The number of hydrogen-bond donors (Lipinski definition) is 2. The fourth-order valence-electron chi connectivity index (χ4n) is 3.42. The summed E-state index contributed by atoms with van der Waals surface area (Å²) < 4.78 is 0. The molecule has 0 aliphatic heterocycles. The SMILES string of the molecule is CCCC(NC(=O)c1ccccc1/C=C/c1ccccc1)C(=O)CNC(=O)c1ccccc1. The summed E-state index contributed by atoms with van der Waals surface area (Å²) in [5.74, 6) is -0.863. The molecule has 5 heteroatoms. The lowest BCUT2D eigenvalue weighted by atomic mass is 10.0. The molecule has 0 bridgehead atoms. The Labute approximate surface area is 194 Å². The number of ketones is 1. The first-order valence-electron chi connectivity index (χ1n) is 11.1. The van der Waals surface area contributed by atoms with Crippen molar-refractivity contribution < 1.29 is 14.4 Å². The third-order valence-corrected chi connectivity index (χ3v) is 5.19. The van der Waals surface area contributed by atoms with E-state index >= 15 is 0 Å². The minimum Gasteiger partial charge on any atom is -0.345 e. The van der Waals surface area contributed by atoms with Crippen molar-refractivity contribution in [1.29, 1.82) is 0 Å². The molecule has 1 unspecified atom stereocenters. The summed E-state index contributed by atoms with van der Waals surface area (Å²) in [4.78, 5) is 38.1. The highest BCUT2D eigenvalue weighted by Crippen LogP contribution is 2.14. The van der Waals surface area contributed by atoms with Crippen LogP contribution in [0.2, 0.25) is 0 Å². The van der Waals surface area contributed by atoms with Gasteiger partial charge in [0.05, 0.1) is 12.6 Å². The van der Waals surface area contributed by atoms with Gasteiger partial charge in [0.2, 0.25) is 0 Å². The van der Waals surface area contributed by atoms with E-state index in [4.69, 9.17) is 0 Å². The predicted octanol–water partition coefficient (Wildman–Crippen LogP) is 4.75. The Hall–Kier alpha value is -3.99. The molecule has 0 heterocycles. The molecule has 0 aliphatic rings. The lowest BCUT2D eigenvalue weighted by Gasteiger charge is -2.18. The van der Waals surface area contributed by atoms with E-state index in [9.17, 15) is 14.4 Å². The fourth-order valence-corrected chi connectivity index (χ4v) is 3.42. The molecule has 168 valence electrons. The van der Waals surface area contributed by atoms with E-state index in [0.717, 1.165) is 17.5 Å². The number of hydrogen-bond acceptors (Lipinski definition) is 3. The molecular formula is C28H28N2O3. The molecule has 0 aromatic heterocycles. The number of carbonyl (C=O) groups excluding carboxylic acids is 3. The second kappa shape index (κ2) is 12.2. The third kappa shape index (κ3) is 7.01. The molecular weight excluding hydrogens is 412 g/mol. The molecule has 0 spiro atoms. The average Bonchev–Trinajstić information content (AvgIpc) is 2.86. The van der Waals surface area contributed by atoms with Crippen molar-refractivity contribution in [2.45, 2.75) is 25.8 Å². The average molecular weight is 441 g/mol. The standard InChI is InChI=1S/C28H28N2O3/c1-2-11-25(26(31)20-29-27(32)23-15-7-4-8-16-23)30-28(33)24-17-10-9-14-22(24)19-18-21-12-5-3-6-13-21/h3-10,12-19,25H,2,11,20H2,1H3,(H,29,32)(H,30,33)/b19-18+. The summed E-state index contributed by atoms with van der Waals surface area (Å²) in [6.07, 6.45) is 5.05. The first-order chi connectivity index (χ1) is 16.1. The van der Waals surface area contributed by atoms with Gasteiger partial charge in [0.1, 0.15) is 0 Å². The lowest BCUT2D eigenvalue weighted by Crippen LogP contribution is -2.45. The van der Waals surface area contributed by atoms with Crippen LogP contribution in [-0.2, 0) is 4.79 Å². The summed E-state index contributed by atoms with van der Waals surface area (Å²) >= 11 is 0. The molecule has 3 aromatic rings. The van der Waals surface area contributed by atoms with E-state index in [2.05, 4.69) is 10.6 Å². The van der Waals surface area contributed by atoms with E-state index < -0.39 is 6.04 Å². The van der Waals surface area contributed by atoms with Crippen LogP contribution in [0.3, 0.4) is 0 Å². The zero-order chi connectivity index (χ0) is 23.5. The van der Waals surface area contributed by atoms with Crippen molar-refractivity contribution in [2.24, 2.45) is 0 Å². The summed E-state index contributed by atoms with van der Waals surface area (Å²) in [6, 6.07) is 25.1. The molecule has 0 saturated heterocycles. The molecule has 0 radical (unpaired) electrons. The molecule has 2 N–H and O–H groups in total. The Morgan fingerprint density at radius 1 is 0.788 bits per heavy atom. The Kier molecular flexibility index (Phi) is 8.71. The highest BCUT2D eigenvalue weighted by molar-refractivity contribution is 6.02. The first-order valence-corrected chi connectivity index (χ1v) is 11.1. The number of amides is 2. The number of benzene rings is 3. The number of rotatable bonds is 10. The smallest absolute Gasteiger partial charge is 0.252 e. The maximum atomic E-state index is 13.0. The number of Topliss-reactive ketones (excluding diaryl/α,β-unsaturated/α-hetero) is 1. The largest absolute Gasteiger partial charge is 0.345 e. The van der Waals surface area contributed by atoms with Gasteiger partial charge in [0.15, 0.2) is 5.78 Å². The van der Waals surface area contributed by atoms with Crippen LogP contribution in [0.4, 0.5) is 0 Å². The predicted molar refractivity (Wildman–Crippen MR) is 132 cm³/mol. The maximum Gasteiger partial charge on any atom is 0.252 e. The molecule has 3 aromatic carbocycles. The molecule has 2 amide bonds. The van der Waals surface area contributed by atoms with Gasteiger partial charge < -0.3 is 10.6 Å². The molecule has 1 atom stereocenters. The van der Waals surface area contributed by atoms with E-state index in [-0.39, 0.29) is 24.1 Å². The summed E-state index contributed by atoms with van der Waals surface area (Å²) in [5, 5.41) is 5.51. The van der Waals surface area contributed by atoms with Crippen molar-refractivity contribution in [2.75, 3.05) is 6.54 Å². The van der Waals surface area contributed by atoms with Gasteiger partial charge in [-0.15, -0.1) is 0 Å². The van der Waals surface area contributed by atoms with Crippen molar-refractivity contribution in [3.8, 4) is 0 Å². The van der Waals surface area contributed by atoms with Gasteiger partial charge in [-0.1, -0.05) is 92.2 Å². The normalized spacial score (nSPS) is 11.7. The topological polar surface area (TPSA) is 75.3 Å². The number of nitrogens with one attached hydrogen (secondary N) is 2. The first kappa shape index (κ1) is 23.7. The third-order valence-electron chi connectivity index (χ3n) is 5.19. The van der Waals surface area contributed by atoms with Crippen LogP contribution in [0.15, 0.2) is 84.9 Å². The monoisotopic (exact) mass is 440 g/mol. The summed E-state index contributed by atoms with van der Waals surface area (Å²) in [7, 11) is 0. The Morgan fingerprint density at radius 2 is 1.42 bits per heavy atom. The van der Waals surface area contributed by atoms with Gasteiger partial charge in [-0.05, 0) is 35.7 Å². The number of carbonyl (C=O) groups is 3. The fraction of sp³-hybridized carbons (Fsp3) is 0.179. The quantitative estimate of drug-likeness (QED) is 0.447. The van der Waals surface area contributed by atoms with E-state index in [1.165, 1.54) is 0 Å². The second-order valence-corrected chi connectivity index (χ2v) is 7.66. The Bertz CT molecular complexity index is 1110. The van der Waals surface area contributed by atoms with Crippen LogP contribution in [0, 0.1) is 0 Å². The summed E-state index contributed by atoms with van der Waals surface area (Å²) in [5.41, 5.74) is 2.77. The highest BCUT2D eigenvalue weighted by atomic mass is 16.2. The zero-order valence-electron chi connectivity index (χ0n) is 18.7. The van der Waals surface area contributed by atoms with Gasteiger partial charge in [0, 0.05) is 11.1 Å². The van der Waals surface area contributed by atoms with Gasteiger partial charge in [0.25, 0.3) is 11.8 Å². The van der Waals surface area contributed by atoms with Crippen LogP contribution >= 0.6 is 0 Å². The van der Waals surface area contributed by atoms with Gasteiger partial charge in [-0.3, -0.25) is 14.4 Å². The second-order valence-electron chi connectivity index (χ2n) is 7.66. The van der Waals surface area contributed by atoms with Crippen LogP contribution in [0.5, 0.6) is 0 Å². The zero-order valence-corrected chi connectivity index (χ0v) is 18.7. The van der Waals surface area contributed by atoms with Crippen LogP contribution in [0.1, 0.15) is 51.6 Å². The lowest BCUT2D eigenvalue weighted by molar-refractivity contribution is -0.120. The van der Waals surface area contributed by atoms with E-state index in [1.54, 1.807) is 36.4 Å². The van der Waals surface area contributed by atoms with Crippen LogP contribution in [-0.4, -0.2) is 30.2 Å².